The van der Waals surface area contributed by atoms with Crippen molar-refractivity contribution in [3.63, 3.8) is 0 Å². The SMILES string of the molecule is CCn1c(=O)/c(=C2\Sc3ccc(C)cc3N2C)s/c1=C\c1scc[n+]1Cc1ccccc1C(=O)OC.[Cl-]. The quantitative estimate of drug-likeness (QED) is 0.259. The van der Waals surface area contributed by atoms with Crippen LogP contribution in [-0.2, 0) is 17.8 Å². The van der Waals surface area contributed by atoms with Crippen LogP contribution >= 0.6 is 34.4 Å². The Hall–Kier alpha value is -2.85. The van der Waals surface area contributed by atoms with Crippen molar-refractivity contribution in [3.8, 4) is 0 Å². The van der Waals surface area contributed by atoms with Crippen LogP contribution in [0.3, 0.4) is 0 Å². The number of nitrogens with zero attached hydrogens (tertiary/aromatic N) is 3. The molecule has 5 rings (SSSR count). The molecular formula is C27H26ClN3O3S3. The zero-order valence-corrected chi connectivity index (χ0v) is 24.1. The standard InChI is InChI=1S/C27H26N3O3S3.ClH/c1-5-30-23(36-24(25(30)31)26-28(3)20-14-17(2)10-11-21(20)35-26)15-22-29(12-13-34-22)16-18-8-6-7-9-19(18)27(32)33-4;/h6-15H,5,16H2,1-4H3;1H/q+1;/p-1/b26-24+;. The first-order valence-corrected chi connectivity index (χ1v) is 14.0. The van der Waals surface area contributed by atoms with E-state index in [2.05, 4.69) is 40.7 Å². The number of hydrogen-bond donors (Lipinski definition) is 0. The first kappa shape index (κ1) is 27.2. The molecular weight excluding hydrogens is 546 g/mol. The number of thioether (sulfide) groups is 1. The molecule has 0 N–H and O–H groups in total. The lowest BCUT2D eigenvalue weighted by molar-refractivity contribution is -0.685. The van der Waals surface area contributed by atoms with Crippen LogP contribution in [-0.4, -0.2) is 24.7 Å². The summed E-state index contributed by atoms with van der Waals surface area (Å²) in [6.07, 6.45) is 4.07. The molecule has 6 nitrogen and oxygen atoms in total. The fourth-order valence-electron chi connectivity index (χ4n) is 4.24. The Balaban J connectivity index is 0.00000320. The molecule has 4 aromatic rings. The number of carbonyl (C=O) groups is 1. The summed E-state index contributed by atoms with van der Waals surface area (Å²) in [7, 11) is 3.42. The summed E-state index contributed by atoms with van der Waals surface area (Å²) < 4.78 is 10.5. The molecule has 0 radical (unpaired) electrons. The van der Waals surface area contributed by atoms with Gasteiger partial charge in [0.2, 0.25) is 0 Å². The predicted molar refractivity (Wildman–Crippen MR) is 147 cm³/mol. The van der Waals surface area contributed by atoms with E-state index in [1.165, 1.54) is 28.9 Å². The van der Waals surface area contributed by atoms with Crippen molar-refractivity contribution in [2.24, 2.45) is 0 Å². The van der Waals surface area contributed by atoms with Crippen molar-refractivity contribution in [2.75, 3.05) is 19.1 Å². The number of anilines is 1. The zero-order valence-electron chi connectivity index (χ0n) is 20.9. The third-order valence-electron chi connectivity index (χ3n) is 6.13. The molecule has 0 spiro atoms. The van der Waals surface area contributed by atoms with Gasteiger partial charge < -0.3 is 22.0 Å². The van der Waals surface area contributed by atoms with Crippen LogP contribution < -0.4 is 36.6 Å². The van der Waals surface area contributed by atoms with E-state index in [0.29, 0.717) is 18.7 Å². The van der Waals surface area contributed by atoms with E-state index in [4.69, 9.17) is 4.74 Å². The van der Waals surface area contributed by atoms with Gasteiger partial charge in [-0.1, -0.05) is 47.4 Å². The van der Waals surface area contributed by atoms with Crippen LogP contribution in [0.2, 0.25) is 0 Å². The molecule has 2 aromatic carbocycles. The Morgan fingerprint density at radius 2 is 1.97 bits per heavy atom. The largest absolute Gasteiger partial charge is 1.00 e. The first-order valence-electron chi connectivity index (χ1n) is 11.5. The molecule has 0 aliphatic carbocycles. The number of aryl methyl sites for hydroxylation is 1. The molecule has 0 amide bonds. The van der Waals surface area contributed by atoms with Gasteiger partial charge in [0.15, 0.2) is 12.7 Å². The second-order valence-corrected chi connectivity index (χ2v) is 11.4. The number of fused-ring (bicyclic) bond motifs is 1. The fraction of sp³-hybridized carbons (Fsp3) is 0.222. The molecule has 0 bridgehead atoms. The normalized spacial score (nSPS) is 14.5. The Labute approximate surface area is 233 Å². The van der Waals surface area contributed by atoms with E-state index >= 15 is 0 Å². The van der Waals surface area contributed by atoms with E-state index in [-0.39, 0.29) is 23.9 Å². The van der Waals surface area contributed by atoms with Crippen molar-refractivity contribution in [2.45, 2.75) is 31.8 Å². The van der Waals surface area contributed by atoms with Gasteiger partial charge in [-0.25, -0.2) is 4.79 Å². The first-order chi connectivity index (χ1) is 17.4. The lowest BCUT2D eigenvalue weighted by Gasteiger charge is -2.12. The Morgan fingerprint density at radius 1 is 1.19 bits per heavy atom. The van der Waals surface area contributed by atoms with Crippen molar-refractivity contribution in [3.05, 3.63) is 95.3 Å². The van der Waals surface area contributed by atoms with Crippen molar-refractivity contribution < 1.29 is 26.5 Å². The summed E-state index contributed by atoms with van der Waals surface area (Å²) in [5.41, 5.74) is 3.81. The third kappa shape index (κ3) is 5.13. The van der Waals surface area contributed by atoms with Crippen LogP contribution in [0.5, 0.6) is 0 Å². The maximum atomic E-state index is 13.5. The van der Waals surface area contributed by atoms with Gasteiger partial charge in [0.1, 0.15) is 14.2 Å². The zero-order chi connectivity index (χ0) is 25.4. The highest BCUT2D eigenvalue weighted by atomic mass is 35.5. The van der Waals surface area contributed by atoms with Gasteiger partial charge in [-0.3, -0.25) is 9.36 Å². The highest BCUT2D eigenvalue weighted by Gasteiger charge is 2.25. The van der Waals surface area contributed by atoms with Crippen molar-refractivity contribution >= 4 is 57.2 Å². The van der Waals surface area contributed by atoms with Gasteiger partial charge in [-0.15, -0.1) is 11.3 Å². The summed E-state index contributed by atoms with van der Waals surface area (Å²) in [6.45, 7) is 5.20. The third-order valence-corrected chi connectivity index (χ3v) is 9.47. The Kier molecular flexibility index (Phi) is 8.28. The molecule has 0 saturated heterocycles. The monoisotopic (exact) mass is 571 g/mol. The minimum atomic E-state index is -0.346. The Morgan fingerprint density at radius 3 is 2.73 bits per heavy atom. The number of hydrogen-bond acceptors (Lipinski definition) is 7. The summed E-state index contributed by atoms with van der Waals surface area (Å²) in [5, 5.41) is 3.99. The smallest absolute Gasteiger partial charge is 0.338 e. The molecule has 37 heavy (non-hydrogen) atoms. The average Bonchev–Trinajstić information content (AvgIpc) is 3.55. The van der Waals surface area contributed by atoms with E-state index in [1.807, 2.05) is 48.3 Å². The van der Waals surface area contributed by atoms with Crippen LogP contribution in [0.15, 0.2) is 63.7 Å². The summed E-state index contributed by atoms with van der Waals surface area (Å²) in [6, 6.07) is 13.9. The van der Waals surface area contributed by atoms with Gasteiger partial charge in [-0.2, -0.15) is 4.57 Å². The second kappa shape index (κ2) is 11.3. The van der Waals surface area contributed by atoms with Crippen molar-refractivity contribution in [1.29, 1.82) is 0 Å². The van der Waals surface area contributed by atoms with Gasteiger partial charge in [0, 0.05) is 24.1 Å². The summed E-state index contributed by atoms with van der Waals surface area (Å²) >= 11 is 4.78. The molecule has 0 saturated carbocycles. The molecule has 1 aliphatic heterocycles. The summed E-state index contributed by atoms with van der Waals surface area (Å²) in [5.74, 6) is -0.346. The molecule has 0 atom stereocenters. The van der Waals surface area contributed by atoms with Crippen LogP contribution in [0.1, 0.15) is 33.4 Å². The maximum Gasteiger partial charge on any atom is 0.338 e. The number of esters is 1. The summed E-state index contributed by atoms with van der Waals surface area (Å²) in [4.78, 5) is 29.0. The molecule has 192 valence electrons. The van der Waals surface area contributed by atoms with E-state index in [1.54, 1.807) is 29.2 Å². The maximum absolute atomic E-state index is 13.5. The van der Waals surface area contributed by atoms with Crippen LogP contribution in [0.25, 0.3) is 11.1 Å². The van der Waals surface area contributed by atoms with E-state index < -0.39 is 0 Å². The molecule has 2 aromatic heterocycles. The number of thiazole rings is 2. The topological polar surface area (TPSA) is 55.4 Å². The number of benzene rings is 2. The van der Waals surface area contributed by atoms with Gasteiger partial charge >= 0.3 is 5.97 Å². The van der Waals surface area contributed by atoms with Gasteiger partial charge in [0.05, 0.1) is 29.8 Å². The Bertz CT molecular complexity index is 1650. The highest BCUT2D eigenvalue weighted by Crippen LogP contribution is 2.45. The number of ether oxygens (including phenoxy) is 1. The van der Waals surface area contributed by atoms with Crippen LogP contribution in [0, 0.1) is 6.92 Å². The highest BCUT2D eigenvalue weighted by molar-refractivity contribution is 8.08. The van der Waals surface area contributed by atoms with Crippen LogP contribution in [0.4, 0.5) is 5.69 Å². The number of carbonyl (C=O) groups excluding carboxylic acids is 1. The number of aromatic nitrogens is 2. The second-order valence-electron chi connectivity index (χ2n) is 8.42. The minimum Gasteiger partial charge on any atom is -1.00 e. The average molecular weight is 572 g/mol. The lowest BCUT2D eigenvalue weighted by Crippen LogP contribution is -3.00. The van der Waals surface area contributed by atoms with E-state index in [0.717, 1.165) is 30.5 Å². The molecule has 3 heterocycles. The number of rotatable bonds is 5. The fourth-order valence-corrected chi connectivity index (χ4v) is 7.54. The molecule has 1 aliphatic rings. The van der Waals surface area contributed by atoms with E-state index in [9.17, 15) is 9.59 Å². The number of methoxy groups -OCH3 is 1. The lowest BCUT2D eigenvalue weighted by atomic mass is 10.1. The molecule has 0 unspecified atom stereocenters. The number of halogens is 1. The molecule has 0 fully saturated rings. The van der Waals surface area contributed by atoms with Gasteiger partial charge in [-0.05, 0) is 37.6 Å². The molecule has 10 heteroatoms. The van der Waals surface area contributed by atoms with Crippen molar-refractivity contribution in [1.82, 2.24) is 4.57 Å². The predicted octanol–water partition coefficient (Wildman–Crippen LogP) is 0.563. The van der Waals surface area contributed by atoms with Gasteiger partial charge in [0.25, 0.3) is 10.6 Å². The minimum absolute atomic E-state index is 0.